The maximum absolute atomic E-state index is 14.2. The smallest absolute Gasteiger partial charge is 0.254 e. The number of rotatable bonds is 15. The number of aryl methyl sites for hydroxylation is 4. The van der Waals surface area contributed by atoms with Crippen molar-refractivity contribution < 1.29 is 4.79 Å². The lowest BCUT2D eigenvalue weighted by Gasteiger charge is -2.23. The molecule has 1 saturated carbocycles. The van der Waals surface area contributed by atoms with Crippen molar-refractivity contribution in [2.24, 2.45) is 17.4 Å². The standard InChI is InChI=1S/C42H50N6O/c43-29-34-13-15-35(16-14-34)30-47(26-7-12-31-8-3-1-4-9-31)42(49)37-22-23-39-38(28-37)46-40(48(39)27-25-32-10-5-2-6-11-32)24-19-33-17-20-36(21-18-33)41(44)45/h1,3-4,8-9,13-18,20-23,28,32H,2,5-7,10-12,19,24-27,29-30,43H2,(H3,44,45). The number of benzene rings is 4. The first-order valence-electron chi connectivity index (χ1n) is 18.0. The van der Waals surface area contributed by atoms with Gasteiger partial charge in [-0.1, -0.05) is 111 Å². The normalized spacial score (nSPS) is 13.5. The van der Waals surface area contributed by atoms with Crippen LogP contribution in [0.5, 0.6) is 0 Å². The van der Waals surface area contributed by atoms with E-state index in [2.05, 4.69) is 59.2 Å². The third kappa shape index (κ3) is 9.04. The largest absolute Gasteiger partial charge is 0.384 e. The first-order chi connectivity index (χ1) is 24.0. The van der Waals surface area contributed by atoms with Gasteiger partial charge >= 0.3 is 0 Å². The number of fused-ring (bicyclic) bond motifs is 1. The Morgan fingerprint density at radius 3 is 2.18 bits per heavy atom. The highest BCUT2D eigenvalue weighted by atomic mass is 16.2. The molecule has 0 saturated heterocycles. The summed E-state index contributed by atoms with van der Waals surface area (Å²) in [4.78, 5) is 21.4. The summed E-state index contributed by atoms with van der Waals surface area (Å²) in [5, 5.41) is 7.71. The molecule has 0 aliphatic heterocycles. The molecule has 49 heavy (non-hydrogen) atoms. The molecule has 1 aliphatic rings. The third-order valence-corrected chi connectivity index (χ3v) is 10.1. The lowest BCUT2D eigenvalue weighted by molar-refractivity contribution is 0.0741. The number of nitrogen functional groups attached to an aromatic ring is 1. The summed E-state index contributed by atoms with van der Waals surface area (Å²) in [7, 11) is 0. The van der Waals surface area contributed by atoms with Gasteiger partial charge in [0.25, 0.3) is 5.91 Å². The summed E-state index contributed by atoms with van der Waals surface area (Å²) in [5.74, 6) is 1.94. The SMILES string of the molecule is N=C(N)c1ccc(CCc2nc3cc(C(=O)N(CCCc4ccccc4)Cc4ccc(CN)cc4)ccc3n2CCC2CCCCC2)cc1. The molecule has 1 heterocycles. The molecule has 1 aliphatic carbocycles. The van der Waals surface area contributed by atoms with Crippen molar-refractivity contribution >= 4 is 22.8 Å². The molecule has 7 heteroatoms. The molecule has 6 rings (SSSR count). The van der Waals surface area contributed by atoms with Gasteiger partial charge in [0, 0.05) is 43.7 Å². The van der Waals surface area contributed by atoms with Gasteiger partial charge in [-0.2, -0.15) is 0 Å². The lowest BCUT2D eigenvalue weighted by atomic mass is 9.87. The van der Waals surface area contributed by atoms with E-state index in [0.717, 1.165) is 78.1 Å². The highest BCUT2D eigenvalue weighted by Crippen LogP contribution is 2.29. The number of carbonyl (C=O) groups is 1. The second kappa shape index (κ2) is 16.6. The first kappa shape index (κ1) is 34.1. The van der Waals surface area contributed by atoms with Gasteiger partial charge in [-0.15, -0.1) is 0 Å². The van der Waals surface area contributed by atoms with Crippen molar-refractivity contribution in [2.45, 2.75) is 83.8 Å². The van der Waals surface area contributed by atoms with E-state index in [1.165, 1.54) is 43.2 Å². The first-order valence-corrected chi connectivity index (χ1v) is 18.0. The molecule has 254 valence electrons. The highest BCUT2D eigenvalue weighted by Gasteiger charge is 2.20. The van der Waals surface area contributed by atoms with Crippen molar-refractivity contribution in [1.82, 2.24) is 14.5 Å². The van der Waals surface area contributed by atoms with Crippen LogP contribution in [0, 0.1) is 11.3 Å². The van der Waals surface area contributed by atoms with Crippen molar-refractivity contribution in [2.75, 3.05) is 6.54 Å². The Hall–Kier alpha value is -4.75. The van der Waals surface area contributed by atoms with Gasteiger partial charge in [-0.05, 0) is 72.1 Å². The number of nitrogens with zero attached hydrogens (tertiary/aromatic N) is 3. The molecule has 4 aromatic carbocycles. The molecule has 1 amide bonds. The fourth-order valence-electron chi connectivity index (χ4n) is 7.20. The second-order valence-electron chi connectivity index (χ2n) is 13.6. The summed E-state index contributed by atoms with van der Waals surface area (Å²) in [6.45, 7) is 2.65. The topological polar surface area (TPSA) is 114 Å². The van der Waals surface area contributed by atoms with Crippen molar-refractivity contribution in [3.05, 3.63) is 136 Å². The predicted molar refractivity (Wildman–Crippen MR) is 200 cm³/mol. The number of nitrogens with one attached hydrogen (secondary N) is 1. The Balaban J connectivity index is 1.24. The molecule has 0 atom stereocenters. The number of nitrogens with two attached hydrogens (primary N) is 2. The number of hydrogen-bond acceptors (Lipinski definition) is 4. The van der Waals surface area contributed by atoms with E-state index in [1.807, 2.05) is 47.4 Å². The van der Waals surface area contributed by atoms with Gasteiger partial charge in [0.05, 0.1) is 11.0 Å². The number of amidine groups is 1. The molecule has 7 nitrogen and oxygen atoms in total. The van der Waals surface area contributed by atoms with Gasteiger partial charge in [-0.25, -0.2) is 4.98 Å². The van der Waals surface area contributed by atoms with Crippen LogP contribution in [0.4, 0.5) is 0 Å². The van der Waals surface area contributed by atoms with Crippen molar-refractivity contribution in [3.8, 4) is 0 Å². The van der Waals surface area contributed by atoms with Crippen LogP contribution in [-0.4, -0.2) is 32.7 Å². The molecular weight excluding hydrogens is 605 g/mol. The summed E-state index contributed by atoms with van der Waals surface area (Å²) in [6.07, 6.45) is 11.3. The fraction of sp³-hybridized carbons (Fsp3) is 0.357. The highest BCUT2D eigenvalue weighted by molar-refractivity contribution is 5.97. The van der Waals surface area contributed by atoms with E-state index in [-0.39, 0.29) is 11.7 Å². The Labute approximate surface area is 290 Å². The zero-order valence-corrected chi connectivity index (χ0v) is 28.6. The van der Waals surface area contributed by atoms with Crippen molar-refractivity contribution in [3.63, 3.8) is 0 Å². The minimum atomic E-state index is 0.0294. The molecule has 0 radical (unpaired) electrons. The quantitative estimate of drug-likeness (QED) is 0.0789. The van der Waals surface area contributed by atoms with Gasteiger partial charge in [-0.3, -0.25) is 10.2 Å². The van der Waals surface area contributed by atoms with Crippen LogP contribution in [0.25, 0.3) is 11.0 Å². The second-order valence-corrected chi connectivity index (χ2v) is 13.6. The van der Waals surface area contributed by atoms with E-state index in [4.69, 9.17) is 21.9 Å². The van der Waals surface area contributed by atoms with Gasteiger partial charge in [0.1, 0.15) is 11.7 Å². The van der Waals surface area contributed by atoms with Crippen LogP contribution in [-0.2, 0) is 38.9 Å². The summed E-state index contributed by atoms with van der Waals surface area (Å²) >= 11 is 0. The summed E-state index contributed by atoms with van der Waals surface area (Å²) in [6, 6.07) is 32.8. The van der Waals surface area contributed by atoms with Crippen LogP contribution in [0.15, 0.2) is 97.1 Å². The lowest BCUT2D eigenvalue weighted by Crippen LogP contribution is -2.31. The van der Waals surface area contributed by atoms with E-state index in [1.54, 1.807) is 0 Å². The molecule has 5 N–H and O–H groups in total. The third-order valence-electron chi connectivity index (χ3n) is 10.1. The Kier molecular flexibility index (Phi) is 11.5. The zero-order chi connectivity index (χ0) is 34.0. The van der Waals surface area contributed by atoms with Crippen LogP contribution < -0.4 is 11.5 Å². The number of aromatic nitrogens is 2. The maximum Gasteiger partial charge on any atom is 0.254 e. The predicted octanol–water partition coefficient (Wildman–Crippen LogP) is 7.81. The fourth-order valence-corrected chi connectivity index (χ4v) is 7.20. The van der Waals surface area contributed by atoms with E-state index < -0.39 is 0 Å². The number of imidazole rings is 1. The maximum atomic E-state index is 14.2. The number of amides is 1. The summed E-state index contributed by atoms with van der Waals surface area (Å²) < 4.78 is 2.40. The van der Waals surface area contributed by atoms with Crippen molar-refractivity contribution in [1.29, 1.82) is 5.41 Å². The van der Waals surface area contributed by atoms with Crippen LogP contribution >= 0.6 is 0 Å². The van der Waals surface area contributed by atoms with Gasteiger partial charge < -0.3 is 20.9 Å². The summed E-state index contributed by atoms with van der Waals surface area (Å²) in [5.41, 5.74) is 19.6. The average molecular weight is 655 g/mol. The van der Waals surface area contributed by atoms with Gasteiger partial charge in [0.2, 0.25) is 0 Å². The molecule has 0 spiro atoms. The van der Waals surface area contributed by atoms with Gasteiger partial charge in [0.15, 0.2) is 0 Å². The minimum Gasteiger partial charge on any atom is -0.384 e. The molecule has 5 aromatic rings. The Morgan fingerprint density at radius 2 is 1.47 bits per heavy atom. The molecule has 1 fully saturated rings. The average Bonchev–Trinajstić information content (AvgIpc) is 3.50. The number of carbonyl (C=O) groups excluding carboxylic acids is 1. The molecule has 0 unspecified atom stereocenters. The molecule has 0 bridgehead atoms. The number of hydrogen-bond donors (Lipinski definition) is 3. The Bertz CT molecular complexity index is 1820. The molecule has 1 aromatic heterocycles. The van der Waals surface area contributed by atoms with E-state index >= 15 is 0 Å². The van der Waals surface area contributed by atoms with Crippen LogP contribution in [0.2, 0.25) is 0 Å². The van der Waals surface area contributed by atoms with Crippen LogP contribution in [0.3, 0.4) is 0 Å². The van der Waals surface area contributed by atoms with Crippen LogP contribution in [0.1, 0.15) is 88.9 Å². The molecular formula is C42H50N6O. The van der Waals surface area contributed by atoms with E-state index in [0.29, 0.717) is 25.2 Å². The monoisotopic (exact) mass is 654 g/mol. The van der Waals surface area contributed by atoms with E-state index in [9.17, 15) is 4.79 Å². The zero-order valence-electron chi connectivity index (χ0n) is 28.6. The Morgan fingerprint density at radius 1 is 0.796 bits per heavy atom. The minimum absolute atomic E-state index is 0.0294.